The van der Waals surface area contributed by atoms with Crippen molar-refractivity contribution in [2.24, 2.45) is 0 Å². The average molecular weight is 221 g/mol. The van der Waals surface area contributed by atoms with Crippen LogP contribution < -0.4 is 5.32 Å². The minimum absolute atomic E-state index is 0.175. The lowest BCUT2D eigenvalue weighted by atomic mass is 9.93. The largest absolute Gasteiger partial charge is 0.394 e. The summed E-state index contributed by atoms with van der Waals surface area (Å²) in [6.45, 7) is 0.806. The molecule has 2 aliphatic carbocycles. The summed E-state index contributed by atoms with van der Waals surface area (Å²) in [6, 6.07) is 1.25. The van der Waals surface area contributed by atoms with Gasteiger partial charge in [0.2, 0.25) is 0 Å². The van der Waals surface area contributed by atoms with Crippen LogP contribution in [0.1, 0.15) is 43.0 Å². The molecular formula is C12H19N3O. The summed E-state index contributed by atoms with van der Waals surface area (Å²) in [4.78, 5) is 0. The van der Waals surface area contributed by atoms with Crippen LogP contribution in [0.15, 0.2) is 6.20 Å². The first-order chi connectivity index (χ1) is 7.88. The number of fused-ring (bicyclic) bond motifs is 1. The molecule has 88 valence electrons. The molecule has 0 spiro atoms. The van der Waals surface area contributed by atoms with Crippen LogP contribution in [0.5, 0.6) is 0 Å². The molecule has 1 aromatic heterocycles. The van der Waals surface area contributed by atoms with E-state index in [-0.39, 0.29) is 6.61 Å². The van der Waals surface area contributed by atoms with Crippen molar-refractivity contribution in [1.82, 2.24) is 15.1 Å². The summed E-state index contributed by atoms with van der Waals surface area (Å²) in [6.07, 6.45) is 8.22. The monoisotopic (exact) mass is 221 g/mol. The van der Waals surface area contributed by atoms with Gasteiger partial charge in [-0.15, -0.1) is 0 Å². The molecule has 1 saturated carbocycles. The van der Waals surface area contributed by atoms with E-state index in [1.54, 1.807) is 0 Å². The van der Waals surface area contributed by atoms with Gasteiger partial charge >= 0.3 is 0 Å². The smallest absolute Gasteiger partial charge is 0.0644 e. The van der Waals surface area contributed by atoms with Crippen molar-refractivity contribution in [3.63, 3.8) is 0 Å². The minimum Gasteiger partial charge on any atom is -0.394 e. The lowest BCUT2D eigenvalue weighted by Crippen LogP contribution is -2.27. The molecule has 0 aromatic carbocycles. The predicted molar refractivity (Wildman–Crippen MR) is 61.1 cm³/mol. The van der Waals surface area contributed by atoms with E-state index in [1.807, 2.05) is 10.9 Å². The van der Waals surface area contributed by atoms with E-state index < -0.39 is 0 Å². The first-order valence-electron chi connectivity index (χ1n) is 6.30. The summed E-state index contributed by atoms with van der Waals surface area (Å²) >= 11 is 0. The molecule has 1 unspecified atom stereocenters. The first kappa shape index (κ1) is 10.3. The van der Waals surface area contributed by atoms with E-state index in [4.69, 9.17) is 5.11 Å². The summed E-state index contributed by atoms with van der Waals surface area (Å²) in [5.74, 6) is 0. The SMILES string of the molecule is OCCn1ncc2c1CCCC2NC1CC1. The Hall–Kier alpha value is -0.870. The Morgan fingerprint density at radius 3 is 3.06 bits per heavy atom. The zero-order chi connectivity index (χ0) is 11.0. The fraction of sp³-hybridized carbons (Fsp3) is 0.750. The van der Waals surface area contributed by atoms with Crippen molar-refractivity contribution in [1.29, 1.82) is 0 Å². The number of aliphatic hydroxyl groups is 1. The van der Waals surface area contributed by atoms with Crippen molar-refractivity contribution >= 4 is 0 Å². The summed E-state index contributed by atoms with van der Waals surface area (Å²) in [5.41, 5.74) is 2.70. The van der Waals surface area contributed by atoms with Crippen LogP contribution in [-0.2, 0) is 13.0 Å². The molecule has 0 aliphatic heterocycles. The molecule has 1 heterocycles. The molecule has 2 N–H and O–H groups in total. The maximum absolute atomic E-state index is 8.98. The van der Waals surface area contributed by atoms with Gasteiger partial charge in [-0.05, 0) is 32.1 Å². The first-order valence-corrected chi connectivity index (χ1v) is 6.30. The summed E-state index contributed by atoms with van der Waals surface area (Å²) in [7, 11) is 0. The Morgan fingerprint density at radius 2 is 2.31 bits per heavy atom. The van der Waals surface area contributed by atoms with E-state index in [0.29, 0.717) is 12.6 Å². The highest BCUT2D eigenvalue weighted by Gasteiger charge is 2.29. The normalized spacial score (nSPS) is 24.4. The standard InChI is InChI=1S/C12H19N3O/c16-7-6-15-12-3-1-2-11(10(12)8-13-15)14-9-4-5-9/h8-9,11,14,16H,1-7H2. The van der Waals surface area contributed by atoms with Gasteiger partial charge in [0.15, 0.2) is 0 Å². The fourth-order valence-electron chi connectivity index (χ4n) is 2.61. The van der Waals surface area contributed by atoms with Gasteiger partial charge < -0.3 is 10.4 Å². The van der Waals surface area contributed by atoms with Crippen LogP contribution >= 0.6 is 0 Å². The number of hydrogen-bond acceptors (Lipinski definition) is 3. The maximum atomic E-state index is 8.98. The van der Waals surface area contributed by atoms with Gasteiger partial charge in [-0.25, -0.2) is 0 Å². The number of rotatable bonds is 4. The Morgan fingerprint density at radius 1 is 1.44 bits per heavy atom. The molecule has 1 fully saturated rings. The van der Waals surface area contributed by atoms with Gasteiger partial charge in [-0.1, -0.05) is 0 Å². The topological polar surface area (TPSA) is 50.1 Å². The van der Waals surface area contributed by atoms with E-state index in [2.05, 4.69) is 10.4 Å². The van der Waals surface area contributed by atoms with Crippen LogP contribution in [0, 0.1) is 0 Å². The minimum atomic E-state index is 0.175. The molecule has 4 nitrogen and oxygen atoms in total. The summed E-state index contributed by atoms with van der Waals surface area (Å²) in [5, 5.41) is 17.1. The van der Waals surface area contributed by atoms with Gasteiger partial charge in [-0.2, -0.15) is 5.10 Å². The Labute approximate surface area is 95.7 Å². The Balaban J connectivity index is 1.81. The highest BCUT2D eigenvalue weighted by molar-refractivity contribution is 5.25. The van der Waals surface area contributed by atoms with Crippen LogP contribution in [-0.4, -0.2) is 27.5 Å². The lowest BCUT2D eigenvalue weighted by Gasteiger charge is -2.24. The maximum Gasteiger partial charge on any atom is 0.0644 e. The number of nitrogens with zero attached hydrogens (tertiary/aromatic N) is 2. The molecule has 1 atom stereocenters. The molecule has 3 rings (SSSR count). The molecule has 0 radical (unpaired) electrons. The third-order valence-corrected chi connectivity index (χ3v) is 3.59. The number of nitrogens with one attached hydrogen (secondary N) is 1. The number of hydrogen-bond donors (Lipinski definition) is 2. The van der Waals surface area contributed by atoms with Crippen molar-refractivity contribution < 1.29 is 5.11 Å². The Bertz CT molecular complexity index is 370. The Kier molecular flexibility index (Phi) is 2.69. The molecule has 0 saturated heterocycles. The fourth-order valence-corrected chi connectivity index (χ4v) is 2.61. The van der Waals surface area contributed by atoms with Crippen molar-refractivity contribution in [3.05, 3.63) is 17.5 Å². The van der Waals surface area contributed by atoms with Crippen molar-refractivity contribution in [2.45, 2.75) is 50.7 Å². The van der Waals surface area contributed by atoms with Crippen LogP contribution in [0.2, 0.25) is 0 Å². The lowest BCUT2D eigenvalue weighted by molar-refractivity contribution is 0.266. The molecule has 2 aliphatic rings. The second-order valence-corrected chi connectivity index (χ2v) is 4.88. The van der Waals surface area contributed by atoms with Gasteiger partial charge in [0.05, 0.1) is 19.3 Å². The van der Waals surface area contributed by atoms with Crippen LogP contribution in [0.25, 0.3) is 0 Å². The third kappa shape index (κ3) is 1.87. The van der Waals surface area contributed by atoms with Gasteiger partial charge in [0, 0.05) is 23.3 Å². The quantitative estimate of drug-likeness (QED) is 0.797. The van der Waals surface area contributed by atoms with Crippen molar-refractivity contribution in [2.75, 3.05) is 6.61 Å². The highest BCUT2D eigenvalue weighted by atomic mass is 16.3. The third-order valence-electron chi connectivity index (χ3n) is 3.59. The van der Waals surface area contributed by atoms with E-state index in [9.17, 15) is 0 Å². The highest BCUT2D eigenvalue weighted by Crippen LogP contribution is 2.32. The molecule has 0 bridgehead atoms. The van der Waals surface area contributed by atoms with Crippen LogP contribution in [0.4, 0.5) is 0 Å². The second kappa shape index (κ2) is 4.18. The van der Waals surface area contributed by atoms with E-state index in [0.717, 1.165) is 12.5 Å². The van der Waals surface area contributed by atoms with Crippen LogP contribution in [0.3, 0.4) is 0 Å². The van der Waals surface area contributed by atoms with Gasteiger partial charge in [-0.3, -0.25) is 4.68 Å². The number of aromatic nitrogens is 2. The molecule has 16 heavy (non-hydrogen) atoms. The van der Waals surface area contributed by atoms with Crippen molar-refractivity contribution in [3.8, 4) is 0 Å². The van der Waals surface area contributed by atoms with E-state index >= 15 is 0 Å². The van der Waals surface area contributed by atoms with E-state index in [1.165, 1.54) is 36.9 Å². The second-order valence-electron chi connectivity index (χ2n) is 4.88. The average Bonchev–Trinajstić information content (AvgIpc) is 3.01. The molecule has 0 amide bonds. The molecule has 4 heteroatoms. The molecule has 1 aromatic rings. The van der Waals surface area contributed by atoms with Gasteiger partial charge in [0.1, 0.15) is 0 Å². The predicted octanol–water partition coefficient (Wildman–Crippen LogP) is 1.00. The van der Waals surface area contributed by atoms with Gasteiger partial charge in [0.25, 0.3) is 0 Å². The molecular weight excluding hydrogens is 202 g/mol. The number of aliphatic hydroxyl groups excluding tert-OH is 1. The zero-order valence-electron chi connectivity index (χ0n) is 9.52. The summed E-state index contributed by atoms with van der Waals surface area (Å²) < 4.78 is 1.97. The zero-order valence-corrected chi connectivity index (χ0v) is 9.52.